The Morgan fingerprint density at radius 1 is 1.02 bits per heavy atom. The molecule has 1 aliphatic carbocycles. The summed E-state index contributed by atoms with van der Waals surface area (Å²) in [6, 6.07) is 12.1. The molecule has 6 rings (SSSR count). The van der Waals surface area contributed by atoms with Crippen LogP contribution in [0.5, 0.6) is 0 Å². The number of likely N-dealkylation sites (tertiary alicyclic amines) is 1. The number of rotatable bonds is 10. The second kappa shape index (κ2) is 15.6. The van der Waals surface area contributed by atoms with Crippen LogP contribution in [0.1, 0.15) is 48.0 Å². The van der Waals surface area contributed by atoms with Gasteiger partial charge in [0.25, 0.3) is 5.91 Å². The van der Waals surface area contributed by atoms with E-state index in [-0.39, 0.29) is 47.4 Å². The minimum atomic E-state index is -4.24. The molecule has 0 spiro atoms. The number of carboxylic acids is 1. The lowest BCUT2D eigenvalue weighted by atomic mass is 9.87. The highest BCUT2D eigenvalue weighted by molar-refractivity contribution is 6.34. The van der Waals surface area contributed by atoms with Crippen molar-refractivity contribution in [1.29, 1.82) is 0 Å². The Kier molecular flexibility index (Phi) is 11.3. The summed E-state index contributed by atoms with van der Waals surface area (Å²) >= 11 is 6.60. The van der Waals surface area contributed by atoms with E-state index in [0.29, 0.717) is 93.6 Å². The number of halogens is 4. The second-order valence-electron chi connectivity index (χ2n) is 13.5. The topological polar surface area (TPSA) is 115 Å². The fourth-order valence-electron chi connectivity index (χ4n) is 7.43. The number of nitrogens with zero attached hydrogens (tertiary/aromatic N) is 4. The molecule has 3 heterocycles. The third-order valence-corrected chi connectivity index (χ3v) is 10.5. The zero-order valence-electron chi connectivity index (χ0n) is 27.6. The number of amides is 2. The fraction of sp³-hybridized carbons (Fsp3) is 0.500. The minimum absolute atomic E-state index is 0.0197. The van der Waals surface area contributed by atoms with Gasteiger partial charge in [-0.25, -0.2) is 0 Å². The quantitative estimate of drug-likeness (QED) is 0.283. The molecule has 10 nitrogen and oxygen atoms in total. The van der Waals surface area contributed by atoms with Crippen molar-refractivity contribution in [3.05, 3.63) is 71.0 Å². The van der Waals surface area contributed by atoms with Gasteiger partial charge in [0.15, 0.2) is 0 Å². The van der Waals surface area contributed by atoms with Crippen LogP contribution in [0.3, 0.4) is 0 Å². The molecular formula is C36H41ClF3N5O5. The molecule has 2 saturated heterocycles. The molecule has 1 saturated carbocycles. The van der Waals surface area contributed by atoms with Gasteiger partial charge in [0, 0.05) is 62.1 Å². The number of hydrogen-bond acceptors (Lipinski definition) is 7. The normalized spacial score (nSPS) is 23.6. The number of carboxylic acid groups (broad SMARTS) is 1. The number of ether oxygens (including phenoxy) is 1. The van der Waals surface area contributed by atoms with Gasteiger partial charge in [-0.15, -0.1) is 0 Å². The lowest BCUT2D eigenvalue weighted by Crippen LogP contribution is -2.52. The first-order chi connectivity index (χ1) is 23.9. The Bertz CT molecular complexity index is 1690. The highest BCUT2D eigenvalue weighted by atomic mass is 35.5. The summed E-state index contributed by atoms with van der Waals surface area (Å²) < 4.78 is 45.1. The number of carbonyl (C=O) groups excluding carboxylic acids is 2. The smallest absolute Gasteiger partial charge is 0.401 e. The number of aliphatic carboxylic acids is 1. The number of fused-ring (bicyclic) bond motifs is 1. The average molecular weight is 716 g/mol. The molecule has 1 aromatic heterocycles. The van der Waals surface area contributed by atoms with Gasteiger partial charge in [-0.05, 0) is 67.3 Å². The molecule has 268 valence electrons. The molecule has 2 amide bonds. The summed E-state index contributed by atoms with van der Waals surface area (Å²) in [6.07, 6.45) is 2.05. The zero-order chi connectivity index (χ0) is 35.4. The number of hydrogen-bond donors (Lipinski definition) is 2. The summed E-state index contributed by atoms with van der Waals surface area (Å²) in [6.45, 7) is 1.37. The lowest BCUT2D eigenvalue weighted by Gasteiger charge is -2.38. The van der Waals surface area contributed by atoms with E-state index in [9.17, 15) is 32.7 Å². The van der Waals surface area contributed by atoms with Gasteiger partial charge in [0.2, 0.25) is 5.91 Å². The van der Waals surface area contributed by atoms with Crippen LogP contribution < -0.4 is 5.32 Å². The Hall–Kier alpha value is -3.78. The van der Waals surface area contributed by atoms with Crippen molar-refractivity contribution >= 4 is 45.8 Å². The second-order valence-corrected chi connectivity index (χ2v) is 13.9. The van der Waals surface area contributed by atoms with Crippen molar-refractivity contribution in [1.82, 2.24) is 19.7 Å². The fourth-order valence-corrected chi connectivity index (χ4v) is 7.68. The van der Waals surface area contributed by atoms with E-state index in [1.165, 1.54) is 4.90 Å². The number of anilines is 1. The molecule has 2 aliphatic heterocycles. The van der Waals surface area contributed by atoms with Gasteiger partial charge in [0.1, 0.15) is 0 Å². The third kappa shape index (κ3) is 8.92. The number of benzene rings is 2. The van der Waals surface area contributed by atoms with E-state index < -0.39 is 18.7 Å². The molecule has 0 radical (unpaired) electrons. The molecular weight excluding hydrogens is 675 g/mol. The van der Waals surface area contributed by atoms with Crippen LogP contribution in [-0.2, 0) is 20.7 Å². The van der Waals surface area contributed by atoms with Crippen LogP contribution in [0.4, 0.5) is 18.9 Å². The van der Waals surface area contributed by atoms with E-state index in [4.69, 9.17) is 16.3 Å². The molecule has 3 aromatic rings. The summed E-state index contributed by atoms with van der Waals surface area (Å²) in [4.78, 5) is 47.9. The van der Waals surface area contributed by atoms with Crippen LogP contribution in [0.15, 0.2) is 54.9 Å². The zero-order valence-corrected chi connectivity index (χ0v) is 28.3. The van der Waals surface area contributed by atoms with Crippen molar-refractivity contribution in [2.75, 3.05) is 51.2 Å². The predicted octanol–water partition coefficient (Wildman–Crippen LogP) is 5.49. The maximum atomic E-state index is 13.8. The van der Waals surface area contributed by atoms with Crippen LogP contribution in [0, 0.1) is 5.92 Å². The number of piperazine rings is 1. The summed E-state index contributed by atoms with van der Waals surface area (Å²) in [5, 5.41) is 14.1. The molecule has 3 fully saturated rings. The summed E-state index contributed by atoms with van der Waals surface area (Å²) in [5.74, 6) is -1.60. The first-order valence-corrected chi connectivity index (χ1v) is 17.4. The van der Waals surface area contributed by atoms with Crippen LogP contribution in [0.2, 0.25) is 5.02 Å². The molecule has 3 aliphatic rings. The van der Waals surface area contributed by atoms with Crippen molar-refractivity contribution < 1.29 is 37.4 Å². The Labute approximate surface area is 293 Å². The SMILES string of the molecule is O=C(Nc1ccc(CC(=O)N2C[C@@H](N3CCN(CC(F)(F)F)CC3)C[C@H]2COC2CCC(C(=O)O)CC2)cc1Cl)c1cccc2ccncc12. The van der Waals surface area contributed by atoms with E-state index >= 15 is 0 Å². The lowest BCUT2D eigenvalue weighted by molar-refractivity contribution is -0.150. The highest BCUT2D eigenvalue weighted by Crippen LogP contribution is 2.31. The Morgan fingerprint density at radius 2 is 1.78 bits per heavy atom. The van der Waals surface area contributed by atoms with E-state index in [1.54, 1.807) is 42.7 Å². The summed E-state index contributed by atoms with van der Waals surface area (Å²) in [7, 11) is 0. The highest BCUT2D eigenvalue weighted by Gasteiger charge is 2.40. The number of alkyl halides is 3. The van der Waals surface area contributed by atoms with Crippen LogP contribution >= 0.6 is 11.6 Å². The van der Waals surface area contributed by atoms with Crippen molar-refractivity contribution in [3.8, 4) is 0 Å². The maximum Gasteiger partial charge on any atom is 0.401 e. The first-order valence-electron chi connectivity index (χ1n) is 17.0. The van der Waals surface area contributed by atoms with Crippen molar-refractivity contribution in [2.24, 2.45) is 5.92 Å². The third-order valence-electron chi connectivity index (χ3n) is 10.2. The predicted molar refractivity (Wildman–Crippen MR) is 182 cm³/mol. The molecule has 2 aromatic carbocycles. The van der Waals surface area contributed by atoms with Gasteiger partial charge in [-0.3, -0.25) is 29.2 Å². The molecule has 2 N–H and O–H groups in total. The van der Waals surface area contributed by atoms with Crippen LogP contribution in [0.25, 0.3) is 10.8 Å². The van der Waals surface area contributed by atoms with Gasteiger partial charge in [-0.2, -0.15) is 13.2 Å². The van der Waals surface area contributed by atoms with E-state index in [1.807, 2.05) is 17.0 Å². The van der Waals surface area contributed by atoms with Gasteiger partial charge < -0.3 is 20.1 Å². The van der Waals surface area contributed by atoms with E-state index in [2.05, 4.69) is 15.2 Å². The van der Waals surface area contributed by atoms with Gasteiger partial charge in [-0.1, -0.05) is 29.8 Å². The van der Waals surface area contributed by atoms with Crippen LogP contribution in [-0.4, -0.2) is 113 Å². The number of aromatic nitrogens is 1. The average Bonchev–Trinajstić information content (AvgIpc) is 3.52. The minimum Gasteiger partial charge on any atom is -0.481 e. The van der Waals surface area contributed by atoms with E-state index in [0.717, 1.165) is 5.39 Å². The largest absolute Gasteiger partial charge is 0.481 e. The van der Waals surface area contributed by atoms with Crippen molar-refractivity contribution in [3.63, 3.8) is 0 Å². The van der Waals surface area contributed by atoms with Gasteiger partial charge in [0.05, 0.1) is 48.3 Å². The standard InChI is InChI=1S/C36H41ClF3N5O5/c37-31-16-23(4-9-32(31)42-34(47)29-3-1-2-24-10-11-41-19-30(24)29)17-33(46)45-20-26(44-14-12-43(13-15-44)22-36(38,39)40)18-27(45)21-50-28-7-5-25(6-8-28)35(48)49/h1-4,9-11,16,19,25-28H,5-8,12-15,17-18,20-22H2,(H,42,47)(H,48,49)/t25?,26-,27-,28?/m0/s1. The Morgan fingerprint density at radius 3 is 2.48 bits per heavy atom. The molecule has 2 atom stereocenters. The molecule has 0 bridgehead atoms. The van der Waals surface area contributed by atoms with Gasteiger partial charge >= 0.3 is 12.1 Å². The first kappa shape index (κ1) is 36.0. The number of carbonyl (C=O) groups is 3. The Balaban J connectivity index is 1.10. The molecule has 14 heteroatoms. The number of pyridine rings is 1. The maximum absolute atomic E-state index is 13.8. The summed E-state index contributed by atoms with van der Waals surface area (Å²) in [5.41, 5.74) is 1.53. The van der Waals surface area contributed by atoms with Crippen molar-refractivity contribution in [2.45, 2.75) is 62.9 Å². The monoisotopic (exact) mass is 715 g/mol. The molecule has 0 unspecified atom stereocenters. The molecule has 50 heavy (non-hydrogen) atoms. The number of nitrogens with one attached hydrogen (secondary N) is 1.